The molecule has 0 aromatic rings. The van der Waals surface area contributed by atoms with Gasteiger partial charge >= 0.3 is 0 Å². The predicted octanol–water partition coefficient (Wildman–Crippen LogP) is 1.63. The Bertz CT molecular complexity index is 260. The molecule has 4 heteroatoms. The third-order valence-corrected chi connectivity index (χ3v) is 2.38. The first-order valence-corrected chi connectivity index (χ1v) is 5.85. The summed E-state index contributed by atoms with van der Waals surface area (Å²) in [5.41, 5.74) is 10.9. The van der Waals surface area contributed by atoms with Crippen LogP contribution in [0.1, 0.15) is 51.9 Å². The van der Waals surface area contributed by atoms with Crippen molar-refractivity contribution in [3.05, 3.63) is 11.6 Å². The first-order chi connectivity index (χ1) is 7.57. The number of hydrogen-bond acceptors (Lipinski definition) is 2. The molecule has 2 amide bonds. The molecule has 4 nitrogen and oxygen atoms in total. The van der Waals surface area contributed by atoms with Gasteiger partial charge in [-0.15, -0.1) is 0 Å². The number of amides is 2. The average molecular weight is 226 g/mol. The van der Waals surface area contributed by atoms with Crippen LogP contribution in [-0.2, 0) is 9.59 Å². The van der Waals surface area contributed by atoms with Gasteiger partial charge in [-0.2, -0.15) is 0 Å². The molecule has 0 heterocycles. The Balaban J connectivity index is 3.96. The molecule has 0 saturated carbocycles. The Hall–Kier alpha value is -1.32. The van der Waals surface area contributed by atoms with Gasteiger partial charge in [-0.05, 0) is 25.7 Å². The number of hydrogen-bond donors (Lipinski definition) is 2. The van der Waals surface area contributed by atoms with E-state index in [4.69, 9.17) is 11.5 Å². The minimum atomic E-state index is -0.388. The molecular weight excluding hydrogens is 204 g/mol. The van der Waals surface area contributed by atoms with Gasteiger partial charge in [-0.1, -0.05) is 25.8 Å². The van der Waals surface area contributed by atoms with Crippen LogP contribution in [0.3, 0.4) is 0 Å². The average Bonchev–Trinajstić information content (AvgIpc) is 2.20. The third kappa shape index (κ3) is 8.03. The minimum Gasteiger partial charge on any atom is -0.370 e. The summed E-state index contributed by atoms with van der Waals surface area (Å²) < 4.78 is 0. The van der Waals surface area contributed by atoms with Crippen LogP contribution in [0.2, 0.25) is 0 Å². The van der Waals surface area contributed by atoms with Crippen LogP contribution < -0.4 is 11.5 Å². The number of nitrogens with two attached hydrogens (primary N) is 2. The highest BCUT2D eigenvalue weighted by Gasteiger charge is 2.05. The lowest BCUT2D eigenvalue weighted by Crippen LogP contribution is -2.15. The minimum absolute atomic E-state index is 0.305. The van der Waals surface area contributed by atoms with Crippen LogP contribution in [0.15, 0.2) is 11.6 Å². The summed E-state index contributed by atoms with van der Waals surface area (Å²) in [6.07, 6.45) is 7.60. The molecule has 16 heavy (non-hydrogen) atoms. The Morgan fingerprint density at radius 3 is 2.25 bits per heavy atom. The molecule has 0 unspecified atom stereocenters. The number of allylic oxidation sites excluding steroid dienone is 1. The van der Waals surface area contributed by atoms with Crippen molar-refractivity contribution in [2.24, 2.45) is 11.5 Å². The fourth-order valence-corrected chi connectivity index (χ4v) is 1.45. The molecular formula is C12H22N2O2. The van der Waals surface area contributed by atoms with Gasteiger partial charge < -0.3 is 11.5 Å². The van der Waals surface area contributed by atoms with Gasteiger partial charge in [0.2, 0.25) is 11.8 Å². The lowest BCUT2D eigenvalue weighted by atomic mass is 10.1. The van der Waals surface area contributed by atoms with Gasteiger partial charge in [0.05, 0.1) is 0 Å². The second-order valence-corrected chi connectivity index (χ2v) is 3.91. The second kappa shape index (κ2) is 8.95. The van der Waals surface area contributed by atoms with E-state index in [0.29, 0.717) is 24.8 Å². The normalized spacial score (nSPS) is 11.4. The molecule has 0 bridgehead atoms. The SMILES string of the molecule is CCCCCC=C(CCCC(N)=O)C(N)=O. The van der Waals surface area contributed by atoms with Crippen molar-refractivity contribution in [2.45, 2.75) is 51.9 Å². The molecule has 0 aromatic heterocycles. The van der Waals surface area contributed by atoms with Crippen molar-refractivity contribution in [2.75, 3.05) is 0 Å². The van der Waals surface area contributed by atoms with Crippen molar-refractivity contribution in [3.63, 3.8) is 0 Å². The molecule has 0 aliphatic heterocycles. The zero-order chi connectivity index (χ0) is 12.4. The molecule has 92 valence electrons. The van der Waals surface area contributed by atoms with Crippen molar-refractivity contribution in [1.82, 2.24) is 0 Å². The maximum atomic E-state index is 11.1. The zero-order valence-electron chi connectivity index (χ0n) is 10.00. The monoisotopic (exact) mass is 226 g/mol. The van der Waals surface area contributed by atoms with Crippen LogP contribution in [-0.4, -0.2) is 11.8 Å². The topological polar surface area (TPSA) is 86.2 Å². The number of primary amides is 2. The first-order valence-electron chi connectivity index (χ1n) is 5.85. The van der Waals surface area contributed by atoms with E-state index in [-0.39, 0.29) is 11.8 Å². The third-order valence-electron chi connectivity index (χ3n) is 2.38. The summed E-state index contributed by atoms with van der Waals surface area (Å²) in [7, 11) is 0. The van der Waals surface area contributed by atoms with E-state index >= 15 is 0 Å². The molecule has 0 aliphatic rings. The number of carbonyl (C=O) groups is 2. The van der Waals surface area contributed by atoms with Gasteiger partial charge in [-0.3, -0.25) is 9.59 Å². The maximum absolute atomic E-state index is 11.1. The Kier molecular flexibility index (Phi) is 8.21. The Morgan fingerprint density at radius 1 is 1.06 bits per heavy atom. The highest BCUT2D eigenvalue weighted by molar-refractivity contribution is 5.91. The van der Waals surface area contributed by atoms with Gasteiger partial charge in [-0.25, -0.2) is 0 Å². The van der Waals surface area contributed by atoms with E-state index in [1.807, 2.05) is 6.08 Å². The smallest absolute Gasteiger partial charge is 0.244 e. The lowest BCUT2D eigenvalue weighted by Gasteiger charge is -2.02. The van der Waals surface area contributed by atoms with Crippen LogP contribution >= 0.6 is 0 Å². The van der Waals surface area contributed by atoms with E-state index in [1.54, 1.807) is 0 Å². The molecule has 4 N–H and O–H groups in total. The first kappa shape index (κ1) is 14.7. The van der Waals surface area contributed by atoms with Gasteiger partial charge in [0.15, 0.2) is 0 Å². The summed E-state index contributed by atoms with van der Waals surface area (Å²) in [5.74, 6) is -0.726. The zero-order valence-corrected chi connectivity index (χ0v) is 10.00. The van der Waals surface area contributed by atoms with Crippen LogP contribution in [0.4, 0.5) is 0 Å². The van der Waals surface area contributed by atoms with Crippen LogP contribution in [0.5, 0.6) is 0 Å². The lowest BCUT2D eigenvalue weighted by molar-refractivity contribution is -0.118. The second-order valence-electron chi connectivity index (χ2n) is 3.91. The highest BCUT2D eigenvalue weighted by Crippen LogP contribution is 2.10. The molecule has 0 rings (SSSR count). The van der Waals surface area contributed by atoms with Gasteiger partial charge in [0.25, 0.3) is 0 Å². The Morgan fingerprint density at radius 2 is 1.75 bits per heavy atom. The van der Waals surface area contributed by atoms with Crippen molar-refractivity contribution in [1.29, 1.82) is 0 Å². The van der Waals surface area contributed by atoms with E-state index in [1.165, 1.54) is 0 Å². The largest absolute Gasteiger partial charge is 0.370 e. The summed E-state index contributed by atoms with van der Waals surface area (Å²) in [6.45, 7) is 2.13. The van der Waals surface area contributed by atoms with Crippen molar-refractivity contribution >= 4 is 11.8 Å². The molecule has 0 aliphatic carbocycles. The molecule has 0 saturated heterocycles. The van der Waals surface area contributed by atoms with E-state index in [0.717, 1.165) is 25.7 Å². The highest BCUT2D eigenvalue weighted by atomic mass is 16.1. The summed E-state index contributed by atoms with van der Waals surface area (Å²) in [4.78, 5) is 21.6. The number of rotatable bonds is 9. The molecule has 0 atom stereocenters. The molecule has 0 fully saturated rings. The predicted molar refractivity (Wildman–Crippen MR) is 64.5 cm³/mol. The summed E-state index contributed by atoms with van der Waals surface area (Å²) in [5, 5.41) is 0. The Labute approximate surface area is 97.1 Å². The van der Waals surface area contributed by atoms with E-state index < -0.39 is 0 Å². The summed E-state index contributed by atoms with van der Waals surface area (Å²) in [6, 6.07) is 0. The quantitative estimate of drug-likeness (QED) is 0.462. The van der Waals surface area contributed by atoms with E-state index in [9.17, 15) is 9.59 Å². The van der Waals surface area contributed by atoms with Crippen LogP contribution in [0, 0.1) is 0 Å². The van der Waals surface area contributed by atoms with Crippen molar-refractivity contribution < 1.29 is 9.59 Å². The van der Waals surface area contributed by atoms with Crippen molar-refractivity contribution in [3.8, 4) is 0 Å². The standard InChI is InChI=1S/C12H22N2O2/c1-2-3-4-5-7-10(12(14)16)8-6-9-11(13)15/h7H,2-6,8-9H2,1H3,(H2,13,15)(H2,14,16). The number of carbonyl (C=O) groups excluding carboxylic acids is 2. The molecule has 0 spiro atoms. The fourth-order valence-electron chi connectivity index (χ4n) is 1.45. The molecule has 0 radical (unpaired) electrons. The fraction of sp³-hybridized carbons (Fsp3) is 0.667. The molecule has 0 aromatic carbocycles. The number of unbranched alkanes of at least 4 members (excludes halogenated alkanes) is 3. The van der Waals surface area contributed by atoms with E-state index in [2.05, 4.69) is 6.92 Å². The maximum Gasteiger partial charge on any atom is 0.244 e. The van der Waals surface area contributed by atoms with Gasteiger partial charge in [0, 0.05) is 12.0 Å². The van der Waals surface area contributed by atoms with Crippen LogP contribution in [0.25, 0.3) is 0 Å². The summed E-state index contributed by atoms with van der Waals surface area (Å²) >= 11 is 0. The van der Waals surface area contributed by atoms with Gasteiger partial charge in [0.1, 0.15) is 0 Å².